The second kappa shape index (κ2) is 8.31. The molecule has 1 fully saturated rings. The lowest BCUT2D eigenvalue weighted by Crippen LogP contribution is -2.33. The van der Waals surface area contributed by atoms with Crippen LogP contribution in [-0.4, -0.2) is 23.9 Å². The number of amides is 1. The van der Waals surface area contributed by atoms with E-state index >= 15 is 0 Å². The molecule has 26 heavy (non-hydrogen) atoms. The number of nitrogens with one attached hydrogen (secondary N) is 1. The zero-order chi connectivity index (χ0) is 18.5. The highest BCUT2D eigenvalue weighted by molar-refractivity contribution is 7.17. The number of carbonyl (C=O) groups excluding carboxylic acids is 1. The van der Waals surface area contributed by atoms with Crippen LogP contribution in [-0.2, 0) is 6.54 Å². The van der Waals surface area contributed by atoms with Gasteiger partial charge in [0.2, 0.25) is 0 Å². The van der Waals surface area contributed by atoms with Gasteiger partial charge in [-0.1, -0.05) is 42.7 Å². The van der Waals surface area contributed by atoms with Crippen LogP contribution in [0.4, 0.5) is 10.7 Å². The van der Waals surface area contributed by atoms with Gasteiger partial charge in [-0.3, -0.25) is 14.9 Å². The Morgan fingerprint density at radius 3 is 2.50 bits per heavy atom. The number of hydrogen-bond acceptors (Lipinski definition) is 5. The average molecular weight is 373 g/mol. The number of thiophene rings is 1. The maximum absolute atomic E-state index is 12.1. The van der Waals surface area contributed by atoms with E-state index < -0.39 is 4.92 Å². The van der Waals surface area contributed by atoms with Gasteiger partial charge in [-0.25, -0.2) is 0 Å². The standard InChI is InChI=1S/C19H23N3O3S/c1-21(15-5-3-2-4-6-15)16-9-7-14(8-10-16)13-20-19(23)17-11-12-18(26-17)22(24)25/h7-12,15H,2-6,13H2,1H3,(H,20,23). The van der Waals surface area contributed by atoms with Crippen LogP contribution >= 0.6 is 11.3 Å². The van der Waals surface area contributed by atoms with Gasteiger partial charge in [0.1, 0.15) is 0 Å². The predicted octanol–water partition coefficient (Wildman–Crippen LogP) is 4.36. The maximum atomic E-state index is 12.1. The summed E-state index contributed by atoms with van der Waals surface area (Å²) in [6.07, 6.45) is 6.46. The van der Waals surface area contributed by atoms with Gasteiger partial charge in [0, 0.05) is 31.4 Å². The van der Waals surface area contributed by atoms with E-state index in [0.29, 0.717) is 17.5 Å². The van der Waals surface area contributed by atoms with Crippen molar-refractivity contribution < 1.29 is 9.72 Å². The molecule has 1 aliphatic rings. The molecule has 1 saturated carbocycles. The molecule has 1 aromatic carbocycles. The van der Waals surface area contributed by atoms with Gasteiger partial charge in [0.25, 0.3) is 5.91 Å². The van der Waals surface area contributed by atoms with Crippen molar-refractivity contribution in [2.24, 2.45) is 0 Å². The molecule has 1 amide bonds. The first-order chi connectivity index (χ1) is 12.5. The van der Waals surface area contributed by atoms with Gasteiger partial charge < -0.3 is 10.2 Å². The minimum absolute atomic E-state index is 0.0229. The van der Waals surface area contributed by atoms with Gasteiger partial charge in [0.15, 0.2) is 0 Å². The molecule has 138 valence electrons. The highest BCUT2D eigenvalue weighted by atomic mass is 32.1. The van der Waals surface area contributed by atoms with Crippen molar-refractivity contribution in [3.05, 3.63) is 57.0 Å². The van der Waals surface area contributed by atoms with Crippen LogP contribution in [0.15, 0.2) is 36.4 Å². The smallest absolute Gasteiger partial charge is 0.324 e. The topological polar surface area (TPSA) is 75.5 Å². The number of benzene rings is 1. The highest BCUT2D eigenvalue weighted by Crippen LogP contribution is 2.26. The molecule has 0 spiro atoms. The molecular weight excluding hydrogens is 350 g/mol. The molecule has 7 heteroatoms. The third kappa shape index (κ3) is 4.40. The van der Waals surface area contributed by atoms with E-state index in [2.05, 4.69) is 29.4 Å². The van der Waals surface area contributed by atoms with Gasteiger partial charge in [-0.2, -0.15) is 0 Å². The molecule has 1 heterocycles. The maximum Gasteiger partial charge on any atom is 0.324 e. The van der Waals surface area contributed by atoms with Crippen molar-refractivity contribution in [1.82, 2.24) is 5.32 Å². The Morgan fingerprint density at radius 2 is 1.88 bits per heavy atom. The Kier molecular flexibility index (Phi) is 5.88. The summed E-state index contributed by atoms with van der Waals surface area (Å²) in [5, 5.41) is 13.5. The number of carbonyl (C=O) groups is 1. The molecule has 3 rings (SSSR count). The third-order valence-electron chi connectivity index (χ3n) is 4.91. The molecule has 6 nitrogen and oxygen atoms in total. The molecule has 2 aromatic rings. The fourth-order valence-electron chi connectivity index (χ4n) is 3.35. The monoisotopic (exact) mass is 373 g/mol. The molecule has 1 aliphatic carbocycles. The van der Waals surface area contributed by atoms with Crippen molar-refractivity contribution in [3.63, 3.8) is 0 Å². The van der Waals surface area contributed by atoms with E-state index in [1.54, 1.807) is 0 Å². The van der Waals surface area contributed by atoms with Crippen LogP contribution in [0.25, 0.3) is 0 Å². The van der Waals surface area contributed by atoms with E-state index in [0.717, 1.165) is 16.9 Å². The summed E-state index contributed by atoms with van der Waals surface area (Å²) >= 11 is 0.889. The predicted molar refractivity (Wildman–Crippen MR) is 104 cm³/mol. The highest BCUT2D eigenvalue weighted by Gasteiger charge is 2.18. The fourth-order valence-corrected chi connectivity index (χ4v) is 4.08. The number of nitro groups is 1. The Bertz CT molecular complexity index is 767. The number of nitrogens with zero attached hydrogens (tertiary/aromatic N) is 2. The second-order valence-electron chi connectivity index (χ2n) is 6.65. The Morgan fingerprint density at radius 1 is 1.19 bits per heavy atom. The zero-order valence-corrected chi connectivity index (χ0v) is 15.6. The van der Waals surface area contributed by atoms with Crippen molar-refractivity contribution in [1.29, 1.82) is 0 Å². The average Bonchev–Trinajstić information content (AvgIpc) is 3.17. The Hall–Kier alpha value is -2.41. The minimum atomic E-state index is -0.483. The molecule has 1 aromatic heterocycles. The SMILES string of the molecule is CN(c1ccc(CNC(=O)c2ccc([N+](=O)[O-])s2)cc1)C1CCCCC1. The molecule has 0 unspecified atom stereocenters. The number of anilines is 1. The van der Waals surface area contributed by atoms with E-state index in [1.807, 2.05) is 12.1 Å². The number of hydrogen-bond donors (Lipinski definition) is 1. The molecule has 0 aliphatic heterocycles. The first-order valence-corrected chi connectivity index (χ1v) is 9.70. The minimum Gasteiger partial charge on any atom is -0.372 e. The summed E-state index contributed by atoms with van der Waals surface area (Å²) in [7, 11) is 2.15. The van der Waals surface area contributed by atoms with E-state index in [9.17, 15) is 14.9 Å². The first kappa shape index (κ1) is 18.4. The second-order valence-corrected chi connectivity index (χ2v) is 7.71. The van der Waals surface area contributed by atoms with E-state index in [4.69, 9.17) is 0 Å². The summed E-state index contributed by atoms with van der Waals surface area (Å²) < 4.78 is 0. The van der Waals surface area contributed by atoms with Crippen molar-refractivity contribution in [3.8, 4) is 0 Å². The van der Waals surface area contributed by atoms with Crippen LogP contribution in [0.1, 0.15) is 47.3 Å². The van der Waals surface area contributed by atoms with Crippen LogP contribution in [0.2, 0.25) is 0 Å². The summed E-state index contributed by atoms with van der Waals surface area (Å²) in [5.74, 6) is -0.286. The van der Waals surface area contributed by atoms with Crippen LogP contribution < -0.4 is 10.2 Å². The van der Waals surface area contributed by atoms with Gasteiger partial charge >= 0.3 is 5.00 Å². The van der Waals surface area contributed by atoms with Crippen LogP contribution in [0.5, 0.6) is 0 Å². The van der Waals surface area contributed by atoms with Gasteiger partial charge in [-0.15, -0.1) is 0 Å². The molecule has 1 N–H and O–H groups in total. The third-order valence-corrected chi connectivity index (χ3v) is 5.95. The molecule has 0 radical (unpaired) electrons. The molecular formula is C19H23N3O3S. The van der Waals surface area contributed by atoms with Gasteiger partial charge in [0.05, 0.1) is 9.80 Å². The molecule has 0 bridgehead atoms. The largest absolute Gasteiger partial charge is 0.372 e. The summed E-state index contributed by atoms with van der Waals surface area (Å²) in [6.45, 7) is 0.401. The van der Waals surface area contributed by atoms with E-state index in [-0.39, 0.29) is 10.9 Å². The summed E-state index contributed by atoms with van der Waals surface area (Å²) in [6, 6.07) is 11.7. The van der Waals surface area contributed by atoms with Crippen molar-refractivity contribution in [2.45, 2.75) is 44.7 Å². The quantitative estimate of drug-likeness (QED) is 0.603. The van der Waals surface area contributed by atoms with Crippen molar-refractivity contribution >= 4 is 27.9 Å². The van der Waals surface area contributed by atoms with E-state index in [1.165, 1.54) is 49.9 Å². The summed E-state index contributed by atoms with van der Waals surface area (Å²) in [5.41, 5.74) is 2.20. The normalized spacial score (nSPS) is 14.8. The molecule has 0 saturated heterocycles. The van der Waals surface area contributed by atoms with Crippen LogP contribution in [0, 0.1) is 10.1 Å². The zero-order valence-electron chi connectivity index (χ0n) is 14.8. The fraction of sp³-hybridized carbons (Fsp3) is 0.421. The lowest BCUT2D eigenvalue weighted by Gasteiger charge is -2.33. The lowest BCUT2D eigenvalue weighted by atomic mass is 9.94. The molecule has 0 atom stereocenters. The van der Waals surface area contributed by atoms with Gasteiger partial charge in [-0.05, 0) is 36.6 Å². The lowest BCUT2D eigenvalue weighted by molar-refractivity contribution is -0.380. The number of rotatable bonds is 6. The van der Waals surface area contributed by atoms with Crippen molar-refractivity contribution in [2.75, 3.05) is 11.9 Å². The Balaban J connectivity index is 1.55. The Labute approximate surface area is 157 Å². The van der Waals surface area contributed by atoms with Crippen LogP contribution in [0.3, 0.4) is 0 Å². The summed E-state index contributed by atoms with van der Waals surface area (Å²) in [4.78, 5) is 25.0. The first-order valence-electron chi connectivity index (χ1n) is 8.89.